The average molecular weight is 457 g/mol. The van der Waals surface area contributed by atoms with Crippen molar-refractivity contribution in [2.24, 2.45) is 0 Å². The molecule has 1 saturated heterocycles. The summed E-state index contributed by atoms with van der Waals surface area (Å²) in [6.07, 6.45) is 3.20. The molecule has 1 saturated carbocycles. The number of benzene rings is 2. The molecule has 2 aliphatic rings. The van der Waals surface area contributed by atoms with E-state index in [0.717, 1.165) is 38.0 Å². The number of methoxy groups -OCH3 is 1. The molecule has 2 unspecified atom stereocenters. The molecule has 0 aromatic heterocycles. The molecule has 1 aliphatic heterocycles. The number of ether oxygens (including phenoxy) is 5. The van der Waals surface area contributed by atoms with Gasteiger partial charge in [0.25, 0.3) is 0 Å². The van der Waals surface area contributed by atoms with Gasteiger partial charge in [0.15, 0.2) is 0 Å². The van der Waals surface area contributed by atoms with E-state index in [1.54, 1.807) is 24.3 Å². The molecule has 7 nitrogen and oxygen atoms in total. The molecule has 4 rings (SSSR count). The highest BCUT2D eigenvalue weighted by molar-refractivity contribution is 5.89. The Labute approximate surface area is 194 Å². The Bertz CT molecular complexity index is 869. The molecular weight excluding hydrogens is 424 g/mol. The molecule has 1 N–H and O–H groups in total. The van der Waals surface area contributed by atoms with E-state index in [2.05, 4.69) is 12.1 Å². The second-order valence-electron chi connectivity index (χ2n) is 8.66. The zero-order chi connectivity index (χ0) is 23.0. The third-order valence-electron chi connectivity index (χ3n) is 6.03. The fraction of sp³-hybridized carbons (Fsp3) is 0.500. The predicted molar refractivity (Wildman–Crippen MR) is 122 cm³/mol. The second-order valence-corrected chi connectivity index (χ2v) is 8.66. The van der Waals surface area contributed by atoms with E-state index < -0.39 is 6.10 Å². The number of aliphatic hydroxyl groups excluding tert-OH is 1. The molecule has 2 fully saturated rings. The fourth-order valence-corrected chi connectivity index (χ4v) is 4.04. The smallest absolute Gasteiger partial charge is 0.338 e. The van der Waals surface area contributed by atoms with Crippen LogP contribution >= 0.6 is 0 Å². The van der Waals surface area contributed by atoms with Gasteiger partial charge in [-0.1, -0.05) is 12.1 Å². The van der Waals surface area contributed by atoms with Crippen molar-refractivity contribution in [2.75, 3.05) is 33.5 Å². The van der Waals surface area contributed by atoms with Gasteiger partial charge >= 0.3 is 5.97 Å². The van der Waals surface area contributed by atoms with Crippen molar-refractivity contribution < 1.29 is 33.6 Å². The van der Waals surface area contributed by atoms with Crippen LogP contribution in [-0.2, 0) is 14.2 Å². The predicted octanol–water partition coefficient (Wildman–Crippen LogP) is 3.73. The van der Waals surface area contributed by atoms with Gasteiger partial charge in [-0.2, -0.15) is 0 Å². The van der Waals surface area contributed by atoms with E-state index in [0.29, 0.717) is 23.8 Å². The van der Waals surface area contributed by atoms with E-state index in [-0.39, 0.29) is 31.4 Å². The maximum atomic E-state index is 12.5. The van der Waals surface area contributed by atoms with Crippen LogP contribution in [0.2, 0.25) is 0 Å². The van der Waals surface area contributed by atoms with E-state index in [1.807, 2.05) is 12.1 Å². The summed E-state index contributed by atoms with van der Waals surface area (Å²) < 4.78 is 27.0. The average Bonchev–Trinajstić information content (AvgIpc) is 3.67. The third kappa shape index (κ3) is 7.19. The summed E-state index contributed by atoms with van der Waals surface area (Å²) in [5, 5.41) is 9.65. The van der Waals surface area contributed by atoms with E-state index in [9.17, 15) is 9.90 Å². The summed E-state index contributed by atoms with van der Waals surface area (Å²) in [6, 6.07) is 15.1. The van der Waals surface area contributed by atoms with Gasteiger partial charge in [0.1, 0.15) is 43.0 Å². The number of carbonyl (C=O) groups excluding carboxylic acids is 1. The first-order valence-corrected chi connectivity index (χ1v) is 11.6. The molecule has 0 radical (unpaired) electrons. The minimum Gasteiger partial charge on any atom is -0.491 e. The Hall–Kier alpha value is -2.61. The number of hydrogen-bond donors (Lipinski definition) is 1. The summed E-state index contributed by atoms with van der Waals surface area (Å²) in [5.74, 6) is 1.62. The first-order valence-electron chi connectivity index (χ1n) is 11.6. The molecule has 33 heavy (non-hydrogen) atoms. The van der Waals surface area contributed by atoms with Gasteiger partial charge in [-0.05, 0) is 73.6 Å². The summed E-state index contributed by atoms with van der Waals surface area (Å²) >= 11 is 0. The van der Waals surface area contributed by atoms with E-state index in [4.69, 9.17) is 23.7 Å². The zero-order valence-corrected chi connectivity index (χ0v) is 19.0. The molecule has 2 atom stereocenters. The number of carbonyl (C=O) groups is 1. The fourth-order valence-electron chi connectivity index (χ4n) is 4.04. The lowest BCUT2D eigenvalue weighted by Crippen LogP contribution is -2.24. The van der Waals surface area contributed by atoms with Crippen molar-refractivity contribution in [3.63, 3.8) is 0 Å². The van der Waals surface area contributed by atoms with Crippen LogP contribution < -0.4 is 9.47 Å². The summed E-state index contributed by atoms with van der Waals surface area (Å²) in [7, 11) is 1.52. The number of esters is 1. The molecule has 178 valence electrons. The van der Waals surface area contributed by atoms with Crippen LogP contribution in [0.4, 0.5) is 0 Å². The van der Waals surface area contributed by atoms with Gasteiger partial charge in [-0.3, -0.25) is 0 Å². The van der Waals surface area contributed by atoms with Gasteiger partial charge in [0.2, 0.25) is 0 Å². The van der Waals surface area contributed by atoms with E-state index in [1.165, 1.54) is 12.7 Å². The lowest BCUT2D eigenvalue weighted by atomic mass is 9.83. The molecule has 0 amide bonds. The quantitative estimate of drug-likeness (QED) is 0.407. The maximum absolute atomic E-state index is 12.5. The van der Waals surface area contributed by atoms with Gasteiger partial charge in [0, 0.05) is 7.11 Å². The molecule has 7 heteroatoms. The van der Waals surface area contributed by atoms with Crippen molar-refractivity contribution in [3.05, 3.63) is 59.7 Å². The lowest BCUT2D eigenvalue weighted by Gasteiger charge is -2.28. The van der Waals surface area contributed by atoms with Gasteiger partial charge in [-0.15, -0.1) is 0 Å². The van der Waals surface area contributed by atoms with Crippen LogP contribution in [0.5, 0.6) is 11.5 Å². The number of hydrogen-bond acceptors (Lipinski definition) is 7. The molecule has 1 heterocycles. The van der Waals surface area contributed by atoms with Crippen molar-refractivity contribution in [1.29, 1.82) is 0 Å². The molecule has 0 spiro atoms. The van der Waals surface area contributed by atoms with Crippen LogP contribution in [-0.4, -0.2) is 62.9 Å². The van der Waals surface area contributed by atoms with Gasteiger partial charge < -0.3 is 28.8 Å². The Balaban J connectivity index is 1.19. The Morgan fingerprint density at radius 1 is 0.970 bits per heavy atom. The second kappa shape index (κ2) is 11.5. The molecule has 0 bridgehead atoms. The van der Waals surface area contributed by atoms with Crippen molar-refractivity contribution in [1.82, 2.24) is 0 Å². The Kier molecular flexibility index (Phi) is 8.20. The van der Waals surface area contributed by atoms with Crippen LogP contribution in [0.1, 0.15) is 47.5 Å². The van der Waals surface area contributed by atoms with Crippen molar-refractivity contribution >= 4 is 5.97 Å². The molecular formula is C26H32O7. The van der Waals surface area contributed by atoms with Crippen molar-refractivity contribution in [3.8, 4) is 11.5 Å². The van der Waals surface area contributed by atoms with Gasteiger partial charge in [-0.25, -0.2) is 4.79 Å². The van der Waals surface area contributed by atoms with Gasteiger partial charge in [0.05, 0.1) is 18.8 Å². The minimum atomic E-state index is -0.691. The summed E-state index contributed by atoms with van der Waals surface area (Å²) in [6.45, 7) is 1.75. The topological polar surface area (TPSA) is 86.8 Å². The monoisotopic (exact) mass is 456 g/mol. The number of epoxide rings is 1. The normalized spacial score (nSPS) is 22.9. The summed E-state index contributed by atoms with van der Waals surface area (Å²) in [5.41, 5.74) is 1.80. The van der Waals surface area contributed by atoms with Crippen LogP contribution in [0, 0.1) is 0 Å². The SMILES string of the molecule is COCC(O)COc1ccc(C(=O)OC2CCC(c3ccc(OCC4CO4)cc3)CC2)cc1. The first-order chi connectivity index (χ1) is 16.1. The van der Waals surface area contributed by atoms with Crippen molar-refractivity contribution in [2.45, 2.75) is 49.9 Å². The first kappa shape index (κ1) is 23.5. The molecule has 2 aromatic rings. The Morgan fingerprint density at radius 3 is 2.24 bits per heavy atom. The highest BCUT2D eigenvalue weighted by atomic mass is 16.6. The zero-order valence-electron chi connectivity index (χ0n) is 19.0. The number of aliphatic hydroxyl groups is 1. The standard InChI is InChI=1S/C26H32O7/c1-29-14-21(27)15-30-22-10-6-20(7-11-22)26(28)33-24-12-4-19(5-13-24)18-2-8-23(9-3-18)31-16-25-17-32-25/h2-3,6-11,19,21,24-25,27H,4-5,12-17H2,1H3. The minimum absolute atomic E-state index is 0.0602. The van der Waals surface area contributed by atoms with E-state index >= 15 is 0 Å². The lowest BCUT2D eigenvalue weighted by molar-refractivity contribution is 0.0195. The maximum Gasteiger partial charge on any atom is 0.338 e. The highest BCUT2D eigenvalue weighted by Crippen LogP contribution is 2.35. The summed E-state index contributed by atoms with van der Waals surface area (Å²) in [4.78, 5) is 12.5. The van der Waals surface area contributed by atoms with Crippen LogP contribution in [0.3, 0.4) is 0 Å². The number of rotatable bonds is 11. The molecule has 1 aliphatic carbocycles. The van der Waals surface area contributed by atoms with Crippen LogP contribution in [0.25, 0.3) is 0 Å². The van der Waals surface area contributed by atoms with Crippen LogP contribution in [0.15, 0.2) is 48.5 Å². The molecule has 2 aromatic carbocycles. The Morgan fingerprint density at radius 2 is 1.61 bits per heavy atom. The third-order valence-corrected chi connectivity index (χ3v) is 6.03. The largest absolute Gasteiger partial charge is 0.491 e. The highest BCUT2D eigenvalue weighted by Gasteiger charge is 2.26.